The quantitative estimate of drug-likeness (QED) is 0.913. The highest BCUT2D eigenvalue weighted by molar-refractivity contribution is 5.58. The molecule has 0 aliphatic carbocycles. The Labute approximate surface area is 124 Å². The van der Waals surface area contributed by atoms with Gasteiger partial charge in [-0.05, 0) is 13.8 Å². The molecule has 0 amide bonds. The van der Waals surface area contributed by atoms with Crippen LogP contribution in [0.1, 0.15) is 19.5 Å². The summed E-state index contributed by atoms with van der Waals surface area (Å²) in [6, 6.07) is 3.72. The van der Waals surface area contributed by atoms with E-state index in [9.17, 15) is 0 Å². The molecule has 0 aliphatic rings. The van der Waals surface area contributed by atoms with Crippen LogP contribution in [0.4, 0.5) is 0 Å². The van der Waals surface area contributed by atoms with Crippen LogP contribution >= 0.6 is 0 Å². The van der Waals surface area contributed by atoms with Gasteiger partial charge in [0.15, 0.2) is 11.5 Å². The molecule has 1 heterocycles. The van der Waals surface area contributed by atoms with Gasteiger partial charge in [-0.3, -0.25) is 0 Å². The molecule has 0 radical (unpaired) electrons. The lowest BCUT2D eigenvalue weighted by Gasteiger charge is -2.22. The minimum absolute atomic E-state index is 0.517. The average Bonchev–Trinajstić information content (AvgIpc) is 2.95. The number of aromatic nitrogens is 2. The zero-order valence-corrected chi connectivity index (χ0v) is 13.0. The van der Waals surface area contributed by atoms with Crippen molar-refractivity contribution in [3.05, 3.63) is 30.4 Å². The zero-order chi connectivity index (χ0) is 15.6. The second kappa shape index (κ2) is 5.65. The molecule has 0 bridgehead atoms. The summed E-state index contributed by atoms with van der Waals surface area (Å²) < 4.78 is 18.0. The summed E-state index contributed by atoms with van der Waals surface area (Å²) in [4.78, 5) is 4.19. The van der Waals surface area contributed by atoms with E-state index in [2.05, 4.69) is 4.98 Å². The lowest BCUT2D eigenvalue weighted by atomic mass is 10.0. The Bertz CT molecular complexity index is 604. The molecule has 114 valence electrons. The molecule has 2 rings (SSSR count). The van der Waals surface area contributed by atoms with Crippen LogP contribution in [-0.4, -0.2) is 30.9 Å². The van der Waals surface area contributed by atoms with Crippen molar-refractivity contribution < 1.29 is 14.2 Å². The maximum absolute atomic E-state index is 6.19. The summed E-state index contributed by atoms with van der Waals surface area (Å²) in [7, 11) is 4.75. The maximum Gasteiger partial charge on any atom is 0.203 e. The molecule has 0 aliphatic heterocycles. The van der Waals surface area contributed by atoms with Crippen molar-refractivity contribution in [1.82, 2.24) is 9.55 Å². The topological polar surface area (TPSA) is 71.5 Å². The van der Waals surface area contributed by atoms with Gasteiger partial charge in [-0.2, -0.15) is 0 Å². The summed E-state index contributed by atoms with van der Waals surface area (Å²) >= 11 is 0. The van der Waals surface area contributed by atoms with Gasteiger partial charge >= 0.3 is 0 Å². The van der Waals surface area contributed by atoms with Gasteiger partial charge in [0.2, 0.25) is 5.75 Å². The number of rotatable bonds is 5. The lowest BCUT2D eigenvalue weighted by molar-refractivity contribution is 0.324. The predicted octanol–water partition coefficient (Wildman–Crippen LogP) is 2.09. The van der Waals surface area contributed by atoms with E-state index in [0.29, 0.717) is 17.2 Å². The Morgan fingerprint density at radius 1 is 1.05 bits per heavy atom. The molecular weight excluding hydrogens is 270 g/mol. The number of methoxy groups -OCH3 is 3. The van der Waals surface area contributed by atoms with Crippen molar-refractivity contribution in [2.24, 2.45) is 5.73 Å². The van der Waals surface area contributed by atoms with Crippen LogP contribution in [0.3, 0.4) is 0 Å². The van der Waals surface area contributed by atoms with Gasteiger partial charge in [0.25, 0.3) is 0 Å². The van der Waals surface area contributed by atoms with E-state index < -0.39 is 5.54 Å². The third-order valence-electron chi connectivity index (χ3n) is 3.23. The van der Waals surface area contributed by atoms with Gasteiger partial charge in [-0.1, -0.05) is 0 Å². The summed E-state index contributed by atoms with van der Waals surface area (Å²) in [5.74, 6) is 1.72. The van der Waals surface area contributed by atoms with Gasteiger partial charge < -0.3 is 24.5 Å². The van der Waals surface area contributed by atoms with Crippen LogP contribution in [0.2, 0.25) is 0 Å². The Kier molecular flexibility index (Phi) is 4.09. The molecular formula is C15H21N3O3. The first-order valence-corrected chi connectivity index (χ1v) is 6.54. The monoisotopic (exact) mass is 291 g/mol. The molecule has 0 fully saturated rings. The number of ether oxygens (including phenoxy) is 3. The average molecular weight is 291 g/mol. The van der Waals surface area contributed by atoms with Gasteiger partial charge in [0, 0.05) is 12.1 Å². The van der Waals surface area contributed by atoms with Crippen LogP contribution in [0.5, 0.6) is 17.2 Å². The third kappa shape index (κ3) is 2.80. The molecule has 0 atom stereocenters. The molecule has 1 aromatic carbocycles. The summed E-state index contributed by atoms with van der Waals surface area (Å²) in [5.41, 5.74) is 7.40. The number of benzene rings is 1. The highest BCUT2D eigenvalue weighted by Crippen LogP contribution is 2.39. The first-order chi connectivity index (χ1) is 9.92. The molecule has 6 heteroatoms. The third-order valence-corrected chi connectivity index (χ3v) is 3.23. The SMILES string of the molecule is COc1cc(-n2cncc2C(C)(C)N)cc(OC)c1OC. The molecule has 2 N–H and O–H groups in total. The maximum atomic E-state index is 6.19. The molecule has 1 aromatic heterocycles. The minimum atomic E-state index is -0.517. The normalized spacial score (nSPS) is 11.3. The number of imidazole rings is 1. The van der Waals surface area contributed by atoms with Gasteiger partial charge in [0.1, 0.15) is 0 Å². The van der Waals surface area contributed by atoms with E-state index >= 15 is 0 Å². The number of hydrogen-bond donors (Lipinski definition) is 1. The predicted molar refractivity (Wildman–Crippen MR) is 80.4 cm³/mol. The molecule has 0 spiro atoms. The van der Waals surface area contributed by atoms with Crippen LogP contribution in [0.25, 0.3) is 5.69 Å². The van der Waals surface area contributed by atoms with E-state index in [1.165, 1.54) is 0 Å². The highest BCUT2D eigenvalue weighted by Gasteiger charge is 2.21. The van der Waals surface area contributed by atoms with Crippen molar-refractivity contribution in [3.8, 4) is 22.9 Å². The fourth-order valence-electron chi connectivity index (χ4n) is 2.18. The standard InChI is InChI=1S/C15H21N3O3/c1-15(2,16)13-8-17-9-18(13)10-6-11(19-3)14(21-5)12(7-10)20-4/h6-9H,16H2,1-5H3. The Hall–Kier alpha value is -2.21. The Morgan fingerprint density at radius 2 is 1.62 bits per heavy atom. The summed E-state index contributed by atoms with van der Waals surface area (Å²) in [6.07, 6.45) is 3.47. The Morgan fingerprint density at radius 3 is 2.05 bits per heavy atom. The number of hydrogen-bond acceptors (Lipinski definition) is 5. The Balaban J connectivity index is 2.63. The molecule has 21 heavy (non-hydrogen) atoms. The van der Waals surface area contributed by atoms with Gasteiger partial charge in [0.05, 0.1) is 50.8 Å². The van der Waals surface area contributed by atoms with Crippen molar-refractivity contribution in [2.75, 3.05) is 21.3 Å². The number of nitrogens with zero attached hydrogens (tertiary/aromatic N) is 2. The molecule has 2 aromatic rings. The second-order valence-electron chi connectivity index (χ2n) is 5.25. The zero-order valence-electron chi connectivity index (χ0n) is 13.0. The first kappa shape index (κ1) is 15.2. The summed E-state index contributed by atoms with van der Waals surface area (Å²) in [6.45, 7) is 3.86. The molecule has 0 saturated carbocycles. The van der Waals surface area contributed by atoms with Crippen LogP contribution in [0, 0.1) is 0 Å². The smallest absolute Gasteiger partial charge is 0.203 e. The first-order valence-electron chi connectivity index (χ1n) is 6.54. The summed E-state index contributed by atoms with van der Waals surface area (Å²) in [5, 5.41) is 0. The van der Waals surface area contributed by atoms with Gasteiger partial charge in [-0.15, -0.1) is 0 Å². The van der Waals surface area contributed by atoms with Crippen LogP contribution in [0.15, 0.2) is 24.7 Å². The fraction of sp³-hybridized carbons (Fsp3) is 0.400. The van der Waals surface area contributed by atoms with Crippen LogP contribution < -0.4 is 19.9 Å². The van der Waals surface area contributed by atoms with E-state index in [-0.39, 0.29) is 0 Å². The second-order valence-corrected chi connectivity index (χ2v) is 5.25. The van der Waals surface area contributed by atoms with E-state index in [1.54, 1.807) is 33.9 Å². The van der Waals surface area contributed by atoms with E-state index in [0.717, 1.165) is 11.4 Å². The number of nitrogens with two attached hydrogens (primary N) is 1. The molecule has 6 nitrogen and oxygen atoms in total. The van der Waals surface area contributed by atoms with Crippen molar-refractivity contribution in [2.45, 2.75) is 19.4 Å². The molecule has 0 saturated heterocycles. The largest absolute Gasteiger partial charge is 0.493 e. The molecule has 0 unspecified atom stereocenters. The van der Waals surface area contributed by atoms with Crippen molar-refractivity contribution in [3.63, 3.8) is 0 Å². The van der Waals surface area contributed by atoms with Crippen LogP contribution in [-0.2, 0) is 5.54 Å². The lowest BCUT2D eigenvalue weighted by Crippen LogP contribution is -2.31. The van der Waals surface area contributed by atoms with Crippen molar-refractivity contribution in [1.29, 1.82) is 0 Å². The van der Waals surface area contributed by atoms with E-state index in [1.807, 2.05) is 30.5 Å². The highest BCUT2D eigenvalue weighted by atomic mass is 16.5. The van der Waals surface area contributed by atoms with Crippen molar-refractivity contribution >= 4 is 0 Å². The van der Waals surface area contributed by atoms with E-state index in [4.69, 9.17) is 19.9 Å². The fourth-order valence-corrected chi connectivity index (χ4v) is 2.18. The van der Waals surface area contributed by atoms with Gasteiger partial charge in [-0.25, -0.2) is 4.98 Å². The minimum Gasteiger partial charge on any atom is -0.493 e.